The summed E-state index contributed by atoms with van der Waals surface area (Å²) in [5, 5.41) is 14.4. The van der Waals surface area contributed by atoms with Crippen LogP contribution in [0.15, 0.2) is 24.4 Å². The Morgan fingerprint density at radius 3 is 2.80 bits per heavy atom. The molecular formula is C13H13N3O3S. The zero-order chi connectivity index (χ0) is 14.7. The molecule has 104 valence electrons. The largest absolute Gasteiger partial charge is 0.347 e. The summed E-state index contributed by atoms with van der Waals surface area (Å²) in [5.41, 5.74) is 0.934. The number of non-ortho nitro benzene ring substituents is 1. The molecule has 1 aromatic carbocycles. The molecule has 2 rings (SSSR count). The Labute approximate surface area is 119 Å². The van der Waals surface area contributed by atoms with Crippen LogP contribution in [0.1, 0.15) is 25.8 Å². The number of hydrogen-bond acceptors (Lipinski definition) is 5. The summed E-state index contributed by atoms with van der Waals surface area (Å²) >= 11 is 1.50. The molecule has 0 atom stereocenters. The van der Waals surface area contributed by atoms with Gasteiger partial charge in [-0.25, -0.2) is 4.98 Å². The summed E-state index contributed by atoms with van der Waals surface area (Å²) in [6.45, 7) is 4.00. The third-order valence-corrected chi connectivity index (χ3v) is 3.68. The fraction of sp³-hybridized carbons (Fsp3) is 0.231. The predicted octanol–water partition coefficient (Wildman–Crippen LogP) is 2.60. The van der Waals surface area contributed by atoms with Gasteiger partial charge in [-0.1, -0.05) is 6.07 Å². The topological polar surface area (TPSA) is 85.1 Å². The van der Waals surface area contributed by atoms with Crippen LogP contribution in [0.25, 0.3) is 0 Å². The van der Waals surface area contributed by atoms with Crippen LogP contribution in [-0.4, -0.2) is 15.8 Å². The zero-order valence-corrected chi connectivity index (χ0v) is 11.9. The van der Waals surface area contributed by atoms with E-state index in [2.05, 4.69) is 10.3 Å². The SMILES string of the molecule is Cc1ncc(CNC(=O)c2cc([N+](=O)[O-])ccc2C)s1. The van der Waals surface area contributed by atoms with Gasteiger partial charge in [0.1, 0.15) is 0 Å². The quantitative estimate of drug-likeness (QED) is 0.693. The van der Waals surface area contributed by atoms with E-state index in [0.717, 1.165) is 9.88 Å². The second-order valence-electron chi connectivity index (χ2n) is 4.28. The number of nitrogens with zero attached hydrogens (tertiary/aromatic N) is 2. The van der Waals surface area contributed by atoms with Crippen molar-refractivity contribution < 1.29 is 9.72 Å². The van der Waals surface area contributed by atoms with E-state index >= 15 is 0 Å². The molecule has 1 amide bonds. The minimum absolute atomic E-state index is 0.0885. The number of thiazole rings is 1. The standard InChI is InChI=1S/C13H13N3O3S/c1-8-3-4-10(16(18)19)5-12(8)13(17)15-7-11-6-14-9(2)20-11/h3-6H,7H2,1-2H3,(H,15,17). The van der Waals surface area contributed by atoms with E-state index in [1.807, 2.05) is 6.92 Å². The van der Waals surface area contributed by atoms with Crippen molar-refractivity contribution in [3.05, 3.63) is 55.5 Å². The van der Waals surface area contributed by atoms with E-state index in [1.54, 1.807) is 19.2 Å². The lowest BCUT2D eigenvalue weighted by Gasteiger charge is -2.06. The van der Waals surface area contributed by atoms with E-state index in [4.69, 9.17) is 0 Å². The fourth-order valence-electron chi connectivity index (χ4n) is 1.72. The average Bonchev–Trinajstić information content (AvgIpc) is 2.82. The first-order valence-corrected chi connectivity index (χ1v) is 6.73. The molecule has 2 aromatic rings. The molecule has 0 fully saturated rings. The maximum atomic E-state index is 12.1. The van der Waals surface area contributed by atoms with Gasteiger partial charge in [0.05, 0.1) is 16.5 Å². The number of nitro groups is 1. The van der Waals surface area contributed by atoms with E-state index in [1.165, 1.54) is 23.5 Å². The number of carbonyl (C=O) groups is 1. The highest BCUT2D eigenvalue weighted by atomic mass is 32.1. The molecule has 0 aliphatic carbocycles. The summed E-state index contributed by atoms with van der Waals surface area (Å²) in [6, 6.07) is 4.26. The molecule has 1 N–H and O–H groups in total. The first-order valence-electron chi connectivity index (χ1n) is 5.92. The fourth-order valence-corrected chi connectivity index (χ4v) is 2.45. The van der Waals surface area contributed by atoms with Crippen molar-refractivity contribution in [3.63, 3.8) is 0 Å². The second-order valence-corrected chi connectivity index (χ2v) is 5.60. The van der Waals surface area contributed by atoms with Gasteiger partial charge < -0.3 is 5.32 Å². The minimum Gasteiger partial charge on any atom is -0.347 e. The highest BCUT2D eigenvalue weighted by Crippen LogP contribution is 2.18. The number of nitro benzene ring substituents is 1. The van der Waals surface area contributed by atoms with E-state index in [-0.39, 0.29) is 11.6 Å². The number of aryl methyl sites for hydroxylation is 2. The van der Waals surface area contributed by atoms with Gasteiger partial charge in [0.2, 0.25) is 0 Å². The molecule has 1 aromatic heterocycles. The molecule has 6 nitrogen and oxygen atoms in total. The molecule has 0 radical (unpaired) electrons. The van der Waals surface area contributed by atoms with Gasteiger partial charge >= 0.3 is 0 Å². The Kier molecular flexibility index (Phi) is 4.09. The average molecular weight is 291 g/mol. The van der Waals surface area contributed by atoms with Gasteiger partial charge in [-0.2, -0.15) is 0 Å². The van der Waals surface area contributed by atoms with Crippen LogP contribution >= 0.6 is 11.3 Å². The van der Waals surface area contributed by atoms with Gasteiger partial charge in [-0.3, -0.25) is 14.9 Å². The van der Waals surface area contributed by atoms with E-state index < -0.39 is 4.92 Å². The molecule has 7 heteroatoms. The lowest BCUT2D eigenvalue weighted by Crippen LogP contribution is -2.23. The third-order valence-electron chi connectivity index (χ3n) is 2.77. The van der Waals surface area contributed by atoms with Gasteiger partial charge in [0.15, 0.2) is 0 Å². The molecule has 1 heterocycles. The van der Waals surface area contributed by atoms with Crippen molar-refractivity contribution in [2.24, 2.45) is 0 Å². The van der Waals surface area contributed by atoms with E-state index in [9.17, 15) is 14.9 Å². The minimum atomic E-state index is -0.511. The first kappa shape index (κ1) is 14.1. The Morgan fingerprint density at radius 1 is 1.45 bits per heavy atom. The van der Waals surface area contributed by atoms with Gasteiger partial charge in [0, 0.05) is 28.8 Å². The number of aromatic nitrogens is 1. The Hall–Kier alpha value is -2.28. The van der Waals surface area contributed by atoms with Crippen LogP contribution in [0.2, 0.25) is 0 Å². The number of carbonyl (C=O) groups excluding carboxylic acids is 1. The van der Waals surface area contributed by atoms with Crippen molar-refractivity contribution in [2.45, 2.75) is 20.4 Å². The third kappa shape index (κ3) is 3.18. The number of amides is 1. The molecule has 0 bridgehead atoms. The molecule has 20 heavy (non-hydrogen) atoms. The molecule has 0 saturated carbocycles. The van der Waals surface area contributed by atoms with Gasteiger partial charge in [0.25, 0.3) is 11.6 Å². The normalized spacial score (nSPS) is 10.3. The monoisotopic (exact) mass is 291 g/mol. The molecular weight excluding hydrogens is 278 g/mol. The zero-order valence-electron chi connectivity index (χ0n) is 11.0. The second kappa shape index (κ2) is 5.79. The van der Waals surface area contributed by atoms with Crippen LogP contribution in [0.3, 0.4) is 0 Å². The molecule has 0 aliphatic heterocycles. The Morgan fingerprint density at radius 2 is 2.20 bits per heavy atom. The van der Waals surface area contributed by atoms with Crippen molar-refractivity contribution >= 4 is 22.9 Å². The number of hydrogen-bond donors (Lipinski definition) is 1. The number of benzene rings is 1. The van der Waals surface area contributed by atoms with Gasteiger partial charge in [-0.05, 0) is 19.4 Å². The summed E-state index contributed by atoms with van der Waals surface area (Å²) in [6.07, 6.45) is 1.71. The Balaban J connectivity index is 2.12. The summed E-state index contributed by atoms with van der Waals surface area (Å²) in [7, 11) is 0. The molecule has 0 unspecified atom stereocenters. The Bertz CT molecular complexity index is 667. The highest BCUT2D eigenvalue weighted by molar-refractivity contribution is 7.11. The van der Waals surface area contributed by atoms with Crippen molar-refractivity contribution in [1.29, 1.82) is 0 Å². The summed E-state index contributed by atoms with van der Waals surface area (Å²) in [5.74, 6) is -0.322. The van der Waals surface area contributed by atoms with Crippen LogP contribution in [0.5, 0.6) is 0 Å². The maximum absolute atomic E-state index is 12.1. The number of rotatable bonds is 4. The van der Waals surface area contributed by atoms with Crippen LogP contribution in [0.4, 0.5) is 5.69 Å². The highest BCUT2D eigenvalue weighted by Gasteiger charge is 2.14. The lowest BCUT2D eigenvalue weighted by atomic mass is 10.1. The predicted molar refractivity (Wildman–Crippen MR) is 75.9 cm³/mol. The van der Waals surface area contributed by atoms with E-state index in [0.29, 0.717) is 17.7 Å². The smallest absolute Gasteiger partial charge is 0.270 e. The molecule has 0 saturated heterocycles. The van der Waals surface area contributed by atoms with Crippen LogP contribution < -0.4 is 5.32 Å². The summed E-state index contributed by atoms with van der Waals surface area (Å²) < 4.78 is 0. The van der Waals surface area contributed by atoms with Crippen LogP contribution in [-0.2, 0) is 6.54 Å². The molecule has 0 aliphatic rings. The lowest BCUT2D eigenvalue weighted by molar-refractivity contribution is -0.384. The van der Waals surface area contributed by atoms with Gasteiger partial charge in [-0.15, -0.1) is 11.3 Å². The van der Waals surface area contributed by atoms with Crippen LogP contribution in [0, 0.1) is 24.0 Å². The molecule has 0 spiro atoms. The number of nitrogens with one attached hydrogen (secondary N) is 1. The van der Waals surface area contributed by atoms with Crippen molar-refractivity contribution in [1.82, 2.24) is 10.3 Å². The summed E-state index contributed by atoms with van der Waals surface area (Å²) in [4.78, 5) is 27.3. The first-order chi connectivity index (χ1) is 9.47. The van der Waals surface area contributed by atoms with Crippen molar-refractivity contribution in [2.75, 3.05) is 0 Å². The maximum Gasteiger partial charge on any atom is 0.270 e. The van der Waals surface area contributed by atoms with Crippen molar-refractivity contribution in [3.8, 4) is 0 Å².